The molecule has 0 N–H and O–H groups in total. The SMILES string of the molecule is [2H]C(C)=C([2H])CCCCCC. The van der Waals surface area contributed by atoms with Gasteiger partial charge in [-0.15, -0.1) is 0 Å². The van der Waals surface area contributed by atoms with E-state index in [-0.39, 0.29) is 0 Å². The Balaban J connectivity index is 3.32. The first-order valence-electron chi connectivity index (χ1n) is 4.81. The molecule has 0 heteroatoms. The van der Waals surface area contributed by atoms with Crippen LogP contribution in [0.25, 0.3) is 0 Å². The van der Waals surface area contributed by atoms with E-state index >= 15 is 0 Å². The molecule has 9 heavy (non-hydrogen) atoms. The highest BCUT2D eigenvalue weighted by Crippen LogP contribution is 2.02. The molecular formula is C9H18. The summed E-state index contributed by atoms with van der Waals surface area (Å²) in [5.41, 5.74) is 0. The van der Waals surface area contributed by atoms with Gasteiger partial charge in [-0.25, -0.2) is 0 Å². The summed E-state index contributed by atoms with van der Waals surface area (Å²) in [4.78, 5) is 0. The van der Waals surface area contributed by atoms with Gasteiger partial charge >= 0.3 is 0 Å². The zero-order valence-electron chi connectivity index (χ0n) is 8.54. The first-order chi connectivity index (χ1) is 5.18. The standard InChI is InChI=1S/C9H18/c1-3-5-7-9-8-6-4-2/h3,5H,4,6-9H2,1-2H3/i3D,5D. The number of hydrogen-bond acceptors (Lipinski definition) is 0. The predicted octanol–water partition coefficient (Wildman–Crippen LogP) is 3.53. The Hall–Kier alpha value is -0.260. The van der Waals surface area contributed by atoms with E-state index in [9.17, 15) is 0 Å². The van der Waals surface area contributed by atoms with Crippen molar-refractivity contribution in [1.29, 1.82) is 0 Å². The molecule has 0 rings (SSSR count). The van der Waals surface area contributed by atoms with E-state index in [1.54, 1.807) is 6.92 Å². The third kappa shape index (κ3) is 7.74. The fourth-order valence-corrected chi connectivity index (χ4v) is 0.765. The Morgan fingerprint density at radius 1 is 1.33 bits per heavy atom. The topological polar surface area (TPSA) is 0 Å². The molecule has 0 radical (unpaired) electrons. The summed E-state index contributed by atoms with van der Waals surface area (Å²) >= 11 is 0. The van der Waals surface area contributed by atoms with Crippen molar-refractivity contribution in [3.63, 3.8) is 0 Å². The largest absolute Gasteiger partial charge is 0.0917 e. The Bertz CT molecular complexity index is 124. The van der Waals surface area contributed by atoms with Crippen molar-refractivity contribution in [2.24, 2.45) is 0 Å². The molecule has 0 spiro atoms. The van der Waals surface area contributed by atoms with Crippen LogP contribution in [-0.4, -0.2) is 0 Å². The third-order valence-corrected chi connectivity index (χ3v) is 1.33. The van der Waals surface area contributed by atoms with E-state index in [2.05, 4.69) is 6.92 Å². The van der Waals surface area contributed by atoms with Crippen LogP contribution in [0.3, 0.4) is 0 Å². The zero-order chi connectivity index (χ0) is 8.69. The van der Waals surface area contributed by atoms with Crippen molar-refractivity contribution in [1.82, 2.24) is 0 Å². The van der Waals surface area contributed by atoms with Gasteiger partial charge in [-0.2, -0.15) is 0 Å². The summed E-state index contributed by atoms with van der Waals surface area (Å²) in [6.45, 7) is 3.86. The molecule has 0 aliphatic heterocycles. The van der Waals surface area contributed by atoms with Gasteiger partial charge < -0.3 is 0 Å². The lowest BCUT2D eigenvalue weighted by atomic mass is 10.1. The van der Waals surface area contributed by atoms with Gasteiger partial charge in [0.2, 0.25) is 0 Å². The summed E-state index contributed by atoms with van der Waals surface area (Å²) in [6, 6.07) is 0.919. The van der Waals surface area contributed by atoms with Crippen molar-refractivity contribution in [3.8, 4) is 0 Å². The molecule has 0 bridgehead atoms. The molecule has 0 saturated carbocycles. The van der Waals surface area contributed by atoms with Crippen molar-refractivity contribution >= 4 is 0 Å². The monoisotopic (exact) mass is 128 g/mol. The lowest BCUT2D eigenvalue weighted by Crippen LogP contribution is -1.72. The number of allylic oxidation sites excluding steroid dienone is 2. The molecule has 0 aromatic rings. The van der Waals surface area contributed by atoms with Crippen LogP contribution in [0.1, 0.15) is 48.7 Å². The molecule has 0 nitrogen and oxygen atoms in total. The van der Waals surface area contributed by atoms with Gasteiger partial charge in [0, 0.05) is 0 Å². The van der Waals surface area contributed by atoms with Crippen LogP contribution in [0.4, 0.5) is 0 Å². The molecule has 0 heterocycles. The van der Waals surface area contributed by atoms with Crippen LogP contribution >= 0.6 is 0 Å². The van der Waals surface area contributed by atoms with Crippen LogP contribution in [0.2, 0.25) is 0 Å². The van der Waals surface area contributed by atoms with Gasteiger partial charge in [0.15, 0.2) is 0 Å². The average molecular weight is 128 g/mol. The van der Waals surface area contributed by atoms with E-state index in [4.69, 9.17) is 2.74 Å². The molecule has 0 atom stereocenters. The number of unbranched alkanes of at least 4 members (excludes halogenated alkanes) is 3. The van der Waals surface area contributed by atoms with Gasteiger partial charge in [0.25, 0.3) is 0 Å². The quantitative estimate of drug-likeness (QED) is 0.392. The molecule has 0 aromatic carbocycles. The van der Waals surface area contributed by atoms with Gasteiger partial charge in [-0.1, -0.05) is 38.3 Å². The fourth-order valence-electron chi connectivity index (χ4n) is 0.765. The van der Waals surface area contributed by atoms with Crippen molar-refractivity contribution in [2.75, 3.05) is 0 Å². The molecule has 0 amide bonds. The molecule has 0 aromatic heterocycles. The molecular weight excluding hydrogens is 108 g/mol. The summed E-state index contributed by atoms with van der Waals surface area (Å²) in [5.74, 6) is 0. The Morgan fingerprint density at radius 3 is 2.67 bits per heavy atom. The van der Waals surface area contributed by atoms with Gasteiger partial charge in [0.05, 0.1) is 2.74 Å². The lowest BCUT2D eigenvalue weighted by Gasteiger charge is -1.92. The average Bonchev–Trinajstić information content (AvgIpc) is 1.97. The third-order valence-electron chi connectivity index (χ3n) is 1.33. The van der Waals surface area contributed by atoms with Crippen LogP contribution in [0, 0.1) is 0 Å². The second kappa shape index (κ2) is 7.74. The molecule has 0 aliphatic carbocycles. The zero-order valence-corrected chi connectivity index (χ0v) is 6.54. The Labute approximate surface area is 61.8 Å². The van der Waals surface area contributed by atoms with Crippen molar-refractivity contribution in [2.45, 2.75) is 46.0 Å². The maximum Gasteiger partial charge on any atom is 0.0572 e. The van der Waals surface area contributed by atoms with Crippen LogP contribution < -0.4 is 0 Å². The summed E-state index contributed by atoms with van der Waals surface area (Å²) in [5, 5.41) is 0. The van der Waals surface area contributed by atoms with E-state index in [1.807, 2.05) is 0 Å². The van der Waals surface area contributed by atoms with Crippen molar-refractivity contribution < 1.29 is 2.74 Å². The number of rotatable bonds is 5. The van der Waals surface area contributed by atoms with Gasteiger partial charge in [-0.05, 0) is 19.8 Å². The predicted molar refractivity (Wildman–Crippen MR) is 43.6 cm³/mol. The second-order valence-corrected chi connectivity index (χ2v) is 2.24. The van der Waals surface area contributed by atoms with Crippen LogP contribution in [-0.2, 0) is 0 Å². The molecule has 54 valence electrons. The summed E-state index contributed by atoms with van der Waals surface area (Å²) in [7, 11) is 0. The molecule has 0 aliphatic rings. The second-order valence-electron chi connectivity index (χ2n) is 2.24. The molecule has 0 saturated heterocycles. The van der Waals surface area contributed by atoms with E-state index < -0.39 is 0 Å². The highest BCUT2D eigenvalue weighted by Gasteiger charge is 1.82. The van der Waals surface area contributed by atoms with Gasteiger partial charge in [-0.3, -0.25) is 0 Å². The maximum atomic E-state index is 7.35. The minimum Gasteiger partial charge on any atom is -0.0917 e. The molecule has 0 fully saturated rings. The van der Waals surface area contributed by atoms with Gasteiger partial charge in [0.1, 0.15) is 0 Å². The normalized spacial score (nSPS) is 16.2. The van der Waals surface area contributed by atoms with E-state index in [0.717, 1.165) is 12.8 Å². The lowest BCUT2D eigenvalue weighted by molar-refractivity contribution is 0.674. The minimum atomic E-state index is 0.418. The first kappa shape index (κ1) is 5.52. The maximum absolute atomic E-state index is 7.35. The Morgan fingerprint density at radius 2 is 2.11 bits per heavy atom. The summed E-state index contributed by atoms with van der Waals surface area (Å²) in [6.07, 6.45) is 5.55. The van der Waals surface area contributed by atoms with Crippen LogP contribution in [0.5, 0.6) is 0 Å². The smallest absolute Gasteiger partial charge is 0.0572 e. The molecule has 0 unspecified atom stereocenters. The fraction of sp³-hybridized carbons (Fsp3) is 0.778. The van der Waals surface area contributed by atoms with Crippen LogP contribution in [0.15, 0.2) is 12.1 Å². The summed E-state index contributed by atoms with van der Waals surface area (Å²) < 4.78 is 14.5. The Kier molecular flexibility index (Phi) is 4.75. The van der Waals surface area contributed by atoms with E-state index in [1.165, 1.54) is 19.3 Å². The minimum absolute atomic E-state index is 0.418. The van der Waals surface area contributed by atoms with Crippen molar-refractivity contribution in [3.05, 3.63) is 12.1 Å². The first-order valence-corrected chi connectivity index (χ1v) is 3.81. The van der Waals surface area contributed by atoms with E-state index in [0.29, 0.717) is 12.1 Å². The number of hydrogen-bond donors (Lipinski definition) is 0. The highest BCUT2D eigenvalue weighted by molar-refractivity contribution is 4.75. The highest BCUT2D eigenvalue weighted by atomic mass is 13.9.